The first-order valence-corrected chi connectivity index (χ1v) is 7.62. The van der Waals surface area contributed by atoms with Gasteiger partial charge in [-0.2, -0.15) is 0 Å². The second-order valence-corrected chi connectivity index (χ2v) is 5.51. The minimum absolute atomic E-state index is 0.131. The molecule has 5 nitrogen and oxygen atoms in total. The van der Waals surface area contributed by atoms with Crippen LogP contribution in [-0.4, -0.2) is 40.6 Å². The maximum atomic E-state index is 10.2. The Balaban J connectivity index is 1.73. The number of nitrogens with one attached hydrogen (secondary N) is 1. The normalized spacial score (nSPS) is 14.9. The van der Waals surface area contributed by atoms with Crippen molar-refractivity contribution in [3.63, 3.8) is 0 Å². The van der Waals surface area contributed by atoms with Gasteiger partial charge in [0, 0.05) is 12.6 Å². The predicted molar refractivity (Wildman–Crippen MR) is 88.5 cm³/mol. The molecule has 4 N–H and O–H groups in total. The zero-order valence-corrected chi connectivity index (χ0v) is 13.1. The first kappa shape index (κ1) is 17.3. The monoisotopic (exact) mass is 317 g/mol. The Kier molecular flexibility index (Phi) is 6.40. The third-order valence-electron chi connectivity index (χ3n) is 3.57. The molecule has 3 unspecified atom stereocenters. The number of aliphatic hydroxyl groups excluding tert-OH is 2. The molecular weight excluding hydrogens is 294 g/mol. The van der Waals surface area contributed by atoms with Gasteiger partial charge in [-0.05, 0) is 36.8 Å². The van der Waals surface area contributed by atoms with Crippen molar-refractivity contribution in [1.29, 1.82) is 0 Å². The van der Waals surface area contributed by atoms with E-state index in [0.29, 0.717) is 12.3 Å². The van der Waals surface area contributed by atoms with E-state index in [0.717, 1.165) is 5.56 Å². The van der Waals surface area contributed by atoms with Gasteiger partial charge in [0.1, 0.15) is 24.2 Å². The van der Waals surface area contributed by atoms with E-state index in [1.165, 1.54) is 12.1 Å². The Bertz CT molecular complexity index is 573. The van der Waals surface area contributed by atoms with Crippen molar-refractivity contribution in [2.45, 2.75) is 25.2 Å². The van der Waals surface area contributed by atoms with Gasteiger partial charge < -0.3 is 25.4 Å². The molecule has 2 aromatic carbocycles. The van der Waals surface area contributed by atoms with E-state index in [1.807, 2.05) is 37.3 Å². The lowest BCUT2D eigenvalue weighted by Crippen LogP contribution is -2.39. The number of aromatic hydroxyl groups is 1. The molecule has 0 fully saturated rings. The summed E-state index contributed by atoms with van der Waals surface area (Å²) in [4.78, 5) is 0. The summed E-state index contributed by atoms with van der Waals surface area (Å²) in [5.74, 6) is 0.752. The molecule has 0 aliphatic heterocycles. The third-order valence-corrected chi connectivity index (χ3v) is 3.57. The molecule has 0 bridgehead atoms. The van der Waals surface area contributed by atoms with Crippen LogP contribution >= 0.6 is 0 Å². The lowest BCUT2D eigenvalue weighted by atomic mass is 10.0. The smallest absolute Gasteiger partial charge is 0.119 e. The van der Waals surface area contributed by atoms with E-state index in [4.69, 9.17) is 4.74 Å². The highest BCUT2D eigenvalue weighted by atomic mass is 16.5. The number of phenols is 1. The lowest BCUT2D eigenvalue weighted by Gasteiger charge is -2.22. The van der Waals surface area contributed by atoms with E-state index in [-0.39, 0.29) is 18.4 Å². The summed E-state index contributed by atoms with van der Waals surface area (Å²) < 4.78 is 5.44. The molecule has 124 valence electrons. The van der Waals surface area contributed by atoms with Crippen molar-refractivity contribution in [2.75, 3.05) is 13.2 Å². The Morgan fingerprint density at radius 1 is 1.00 bits per heavy atom. The molecule has 2 rings (SSSR count). The van der Waals surface area contributed by atoms with Crippen molar-refractivity contribution in [2.24, 2.45) is 0 Å². The largest absolute Gasteiger partial charge is 0.508 e. The van der Waals surface area contributed by atoms with Gasteiger partial charge in [0.15, 0.2) is 0 Å². The fourth-order valence-electron chi connectivity index (χ4n) is 2.17. The summed E-state index contributed by atoms with van der Waals surface area (Å²) in [6.45, 7) is 2.31. The van der Waals surface area contributed by atoms with Crippen molar-refractivity contribution < 1.29 is 20.1 Å². The molecule has 3 atom stereocenters. The first-order chi connectivity index (χ1) is 11.1. The van der Waals surface area contributed by atoms with Gasteiger partial charge in [-0.3, -0.25) is 0 Å². The highest BCUT2D eigenvalue weighted by Gasteiger charge is 2.17. The van der Waals surface area contributed by atoms with Crippen LogP contribution in [0.1, 0.15) is 18.6 Å². The van der Waals surface area contributed by atoms with Crippen molar-refractivity contribution in [1.82, 2.24) is 5.32 Å². The zero-order chi connectivity index (χ0) is 16.7. The first-order valence-electron chi connectivity index (χ1n) is 7.62. The van der Waals surface area contributed by atoms with Crippen LogP contribution in [0.5, 0.6) is 11.5 Å². The lowest BCUT2D eigenvalue weighted by molar-refractivity contribution is 0.0876. The highest BCUT2D eigenvalue weighted by molar-refractivity contribution is 5.30. The zero-order valence-electron chi connectivity index (χ0n) is 13.1. The van der Waals surface area contributed by atoms with Crippen LogP contribution < -0.4 is 10.1 Å². The van der Waals surface area contributed by atoms with Crippen LogP contribution in [-0.2, 0) is 0 Å². The second-order valence-electron chi connectivity index (χ2n) is 5.51. The molecule has 0 aliphatic carbocycles. The van der Waals surface area contributed by atoms with E-state index in [2.05, 4.69) is 5.32 Å². The molecule has 0 saturated heterocycles. The molecule has 0 heterocycles. The maximum Gasteiger partial charge on any atom is 0.119 e. The molecule has 2 aromatic rings. The second kappa shape index (κ2) is 8.53. The molecule has 23 heavy (non-hydrogen) atoms. The van der Waals surface area contributed by atoms with Gasteiger partial charge in [0.2, 0.25) is 0 Å². The van der Waals surface area contributed by atoms with Crippen molar-refractivity contribution in [3.8, 4) is 11.5 Å². The number of rotatable bonds is 8. The van der Waals surface area contributed by atoms with Gasteiger partial charge >= 0.3 is 0 Å². The average Bonchev–Trinajstić information content (AvgIpc) is 2.59. The van der Waals surface area contributed by atoms with E-state index < -0.39 is 12.2 Å². The van der Waals surface area contributed by atoms with Crippen LogP contribution in [0.3, 0.4) is 0 Å². The van der Waals surface area contributed by atoms with Gasteiger partial charge in [-0.25, -0.2) is 0 Å². The quantitative estimate of drug-likeness (QED) is 0.597. The van der Waals surface area contributed by atoms with E-state index >= 15 is 0 Å². The number of phenolic OH excluding ortho intramolecular Hbond substituents is 1. The highest BCUT2D eigenvalue weighted by Crippen LogP contribution is 2.17. The standard InChI is InChI=1S/C18H23NO4/c1-13(18(22)14-5-3-2-4-6-14)19-11-16(21)12-23-17-9-7-15(20)8-10-17/h2-10,13,16,18-22H,11-12H2,1H3. The van der Waals surface area contributed by atoms with Crippen molar-refractivity contribution in [3.05, 3.63) is 60.2 Å². The Hall–Kier alpha value is -2.08. The number of aliphatic hydroxyl groups is 2. The molecule has 0 aliphatic rings. The fourth-order valence-corrected chi connectivity index (χ4v) is 2.17. The van der Waals surface area contributed by atoms with Crippen molar-refractivity contribution >= 4 is 0 Å². The summed E-state index contributed by atoms with van der Waals surface area (Å²) in [5.41, 5.74) is 0.835. The Morgan fingerprint density at radius 3 is 2.30 bits per heavy atom. The van der Waals surface area contributed by atoms with Crippen LogP contribution in [0.2, 0.25) is 0 Å². The number of ether oxygens (including phenoxy) is 1. The van der Waals surface area contributed by atoms with E-state index in [9.17, 15) is 15.3 Å². The molecule has 0 amide bonds. The minimum atomic E-state index is -0.700. The molecule has 0 spiro atoms. The predicted octanol–water partition coefficient (Wildman–Crippen LogP) is 1.84. The van der Waals surface area contributed by atoms with Crippen LogP contribution in [0.4, 0.5) is 0 Å². The van der Waals surface area contributed by atoms with Crippen LogP contribution in [0.15, 0.2) is 54.6 Å². The molecular formula is C18H23NO4. The van der Waals surface area contributed by atoms with Gasteiger partial charge in [0.05, 0.1) is 6.10 Å². The van der Waals surface area contributed by atoms with Gasteiger partial charge in [0.25, 0.3) is 0 Å². The number of hydrogen-bond donors (Lipinski definition) is 4. The molecule has 0 radical (unpaired) electrons. The summed E-state index contributed by atoms with van der Waals surface area (Å²) in [6, 6.07) is 15.5. The van der Waals surface area contributed by atoms with Crippen LogP contribution in [0.25, 0.3) is 0 Å². The maximum absolute atomic E-state index is 10.2. The molecule has 0 aromatic heterocycles. The summed E-state index contributed by atoms with van der Waals surface area (Å²) in [6.07, 6.45) is -1.34. The van der Waals surface area contributed by atoms with Gasteiger partial charge in [-0.15, -0.1) is 0 Å². The fraction of sp³-hybridized carbons (Fsp3) is 0.333. The minimum Gasteiger partial charge on any atom is -0.508 e. The summed E-state index contributed by atoms with van der Waals surface area (Å²) in [7, 11) is 0. The third kappa shape index (κ3) is 5.56. The average molecular weight is 317 g/mol. The Labute approximate surface area is 136 Å². The SMILES string of the molecule is CC(NCC(O)COc1ccc(O)cc1)C(O)c1ccccc1. The molecule has 5 heteroatoms. The summed E-state index contributed by atoms with van der Waals surface area (Å²) >= 11 is 0. The van der Waals surface area contributed by atoms with Gasteiger partial charge in [-0.1, -0.05) is 30.3 Å². The van der Waals surface area contributed by atoms with Crippen LogP contribution in [0, 0.1) is 0 Å². The topological polar surface area (TPSA) is 82.0 Å². The summed E-state index contributed by atoms with van der Waals surface area (Å²) in [5, 5.41) is 32.5. The van der Waals surface area contributed by atoms with E-state index in [1.54, 1.807) is 12.1 Å². The molecule has 0 saturated carbocycles. The number of benzene rings is 2. The Morgan fingerprint density at radius 2 is 1.65 bits per heavy atom. The number of hydrogen-bond acceptors (Lipinski definition) is 5.